The van der Waals surface area contributed by atoms with Crippen LogP contribution in [0.3, 0.4) is 0 Å². The number of aliphatic imine (C=N–C) groups is 1. The predicted molar refractivity (Wildman–Crippen MR) is 154 cm³/mol. The van der Waals surface area contributed by atoms with Crippen molar-refractivity contribution in [3.05, 3.63) is 54.1 Å². The lowest BCUT2D eigenvalue weighted by atomic mass is 9.83. The number of amides is 2. The minimum absolute atomic E-state index is 0.0671. The number of fused-ring (bicyclic) bond motifs is 1. The first-order chi connectivity index (χ1) is 18.7. The van der Waals surface area contributed by atoms with Gasteiger partial charge in [0.15, 0.2) is 0 Å². The third-order valence-electron chi connectivity index (χ3n) is 8.20. The SMILES string of the molecule is C=C(/C=C(\N=C/N)C1CCCN1C(=O)C(NC(=O)C(C)NC)C1CCCCC1)n1cc(C)c2cc(F)ccc21. The first kappa shape index (κ1) is 28.5. The van der Waals surface area contributed by atoms with Crippen LogP contribution < -0.4 is 16.4 Å². The molecular weight excluding hydrogens is 495 g/mol. The molecule has 1 saturated carbocycles. The Morgan fingerprint density at radius 1 is 1.21 bits per heavy atom. The average molecular weight is 537 g/mol. The van der Waals surface area contributed by atoms with Gasteiger partial charge in [-0.05, 0) is 82.3 Å². The third-order valence-corrected chi connectivity index (χ3v) is 8.20. The largest absolute Gasteiger partial charge is 0.390 e. The van der Waals surface area contributed by atoms with Crippen molar-refractivity contribution in [1.82, 2.24) is 20.1 Å². The molecule has 2 amide bonds. The van der Waals surface area contributed by atoms with E-state index in [-0.39, 0.29) is 29.6 Å². The van der Waals surface area contributed by atoms with E-state index in [0.29, 0.717) is 17.9 Å². The number of likely N-dealkylation sites (tertiary alicyclic amines) is 1. The van der Waals surface area contributed by atoms with Crippen molar-refractivity contribution in [2.24, 2.45) is 16.6 Å². The molecule has 1 aliphatic carbocycles. The molecule has 2 aromatic rings. The summed E-state index contributed by atoms with van der Waals surface area (Å²) in [5.74, 6) is -0.424. The maximum atomic E-state index is 14.1. The van der Waals surface area contributed by atoms with Crippen LogP contribution in [0.15, 0.2) is 47.7 Å². The molecule has 1 aromatic heterocycles. The predicted octanol–water partition coefficient (Wildman–Crippen LogP) is 4.09. The molecule has 0 radical (unpaired) electrons. The zero-order chi connectivity index (χ0) is 28.1. The van der Waals surface area contributed by atoms with Crippen LogP contribution in [-0.4, -0.2) is 59.3 Å². The van der Waals surface area contributed by atoms with Crippen LogP contribution in [0.2, 0.25) is 0 Å². The number of carbonyl (C=O) groups excluding carboxylic acids is 2. The fourth-order valence-corrected chi connectivity index (χ4v) is 5.93. The van der Waals surface area contributed by atoms with Crippen LogP contribution in [0.4, 0.5) is 4.39 Å². The van der Waals surface area contributed by atoms with Crippen LogP contribution in [0.5, 0.6) is 0 Å². The van der Waals surface area contributed by atoms with E-state index >= 15 is 0 Å². The molecule has 0 spiro atoms. The molecule has 9 heteroatoms. The van der Waals surface area contributed by atoms with Gasteiger partial charge in [-0.2, -0.15) is 0 Å². The highest BCUT2D eigenvalue weighted by atomic mass is 19.1. The summed E-state index contributed by atoms with van der Waals surface area (Å²) in [6.45, 7) is 8.57. The summed E-state index contributed by atoms with van der Waals surface area (Å²) in [6, 6.07) is 3.42. The standard InChI is InChI=1S/C30H41FN6O2/c1-19-17-37(26-13-12-23(31)16-24(19)26)20(2)15-25(34-18-32)27-11-8-14-36(27)30(39)28(22-9-6-5-7-10-22)35-29(38)21(3)33-4/h12-13,15-18,21-22,27-28,33H,2,5-11,14H2,1,3-4H3,(H2,32,34)(H,35,38)/b25-15-. The maximum Gasteiger partial charge on any atom is 0.246 e. The van der Waals surface area contributed by atoms with Gasteiger partial charge in [-0.1, -0.05) is 25.8 Å². The molecule has 2 aliphatic rings. The molecule has 210 valence electrons. The molecule has 39 heavy (non-hydrogen) atoms. The molecule has 1 aromatic carbocycles. The quantitative estimate of drug-likeness (QED) is 0.255. The van der Waals surface area contributed by atoms with Crippen LogP contribution >= 0.6 is 0 Å². The number of likely N-dealkylation sites (N-methyl/N-ethyl adjacent to an activating group) is 1. The van der Waals surface area contributed by atoms with Crippen LogP contribution in [-0.2, 0) is 9.59 Å². The number of allylic oxidation sites excluding steroid dienone is 2. The Kier molecular flexibility index (Phi) is 9.22. The van der Waals surface area contributed by atoms with Crippen molar-refractivity contribution < 1.29 is 14.0 Å². The zero-order valence-electron chi connectivity index (χ0n) is 23.3. The number of benzene rings is 1. The van der Waals surface area contributed by atoms with Gasteiger partial charge >= 0.3 is 0 Å². The highest BCUT2D eigenvalue weighted by molar-refractivity contribution is 5.91. The van der Waals surface area contributed by atoms with Gasteiger partial charge in [0.2, 0.25) is 11.8 Å². The van der Waals surface area contributed by atoms with Crippen molar-refractivity contribution in [3.8, 4) is 0 Å². The minimum Gasteiger partial charge on any atom is -0.390 e. The first-order valence-electron chi connectivity index (χ1n) is 14.0. The second-order valence-corrected chi connectivity index (χ2v) is 10.8. The second kappa shape index (κ2) is 12.6. The Morgan fingerprint density at radius 3 is 2.64 bits per heavy atom. The molecule has 2 fully saturated rings. The van der Waals surface area contributed by atoms with Gasteiger partial charge in [0.25, 0.3) is 0 Å². The lowest BCUT2D eigenvalue weighted by Gasteiger charge is -2.35. The smallest absolute Gasteiger partial charge is 0.246 e. The first-order valence-corrected chi connectivity index (χ1v) is 14.0. The van der Waals surface area contributed by atoms with Gasteiger partial charge in [-0.3, -0.25) is 9.59 Å². The van der Waals surface area contributed by atoms with E-state index in [2.05, 4.69) is 22.2 Å². The fraction of sp³-hybridized carbons (Fsp3) is 0.500. The van der Waals surface area contributed by atoms with Crippen molar-refractivity contribution in [2.75, 3.05) is 13.6 Å². The fourth-order valence-electron chi connectivity index (χ4n) is 5.93. The van der Waals surface area contributed by atoms with Crippen LogP contribution in [0, 0.1) is 18.7 Å². The number of halogens is 1. The van der Waals surface area contributed by atoms with Crippen molar-refractivity contribution >= 4 is 34.8 Å². The Bertz CT molecular complexity index is 1280. The van der Waals surface area contributed by atoms with Crippen LogP contribution in [0.25, 0.3) is 16.6 Å². The van der Waals surface area contributed by atoms with Crippen molar-refractivity contribution in [2.45, 2.75) is 76.9 Å². The lowest BCUT2D eigenvalue weighted by molar-refractivity contribution is -0.139. The van der Waals surface area contributed by atoms with Crippen molar-refractivity contribution in [3.63, 3.8) is 0 Å². The van der Waals surface area contributed by atoms with Gasteiger partial charge < -0.3 is 25.8 Å². The van der Waals surface area contributed by atoms with Crippen LogP contribution in [0.1, 0.15) is 57.4 Å². The molecule has 3 atom stereocenters. The number of aryl methyl sites for hydroxylation is 1. The highest BCUT2D eigenvalue weighted by Gasteiger charge is 2.39. The van der Waals surface area contributed by atoms with E-state index in [1.54, 1.807) is 20.0 Å². The van der Waals surface area contributed by atoms with E-state index in [1.807, 2.05) is 28.7 Å². The van der Waals surface area contributed by atoms with Gasteiger partial charge in [-0.15, -0.1) is 0 Å². The average Bonchev–Trinajstić information content (AvgIpc) is 3.56. The normalized spacial score (nSPS) is 20.5. The number of carbonyl (C=O) groups is 2. The number of nitrogens with two attached hydrogens (primary N) is 1. The van der Waals surface area contributed by atoms with Gasteiger partial charge in [-0.25, -0.2) is 9.38 Å². The Morgan fingerprint density at radius 2 is 1.95 bits per heavy atom. The van der Waals surface area contributed by atoms with Gasteiger partial charge in [0.1, 0.15) is 11.9 Å². The molecule has 4 N–H and O–H groups in total. The van der Waals surface area contributed by atoms with E-state index in [1.165, 1.54) is 18.5 Å². The second-order valence-electron chi connectivity index (χ2n) is 10.8. The monoisotopic (exact) mass is 536 g/mol. The number of nitrogens with one attached hydrogen (secondary N) is 2. The topological polar surface area (TPSA) is 105 Å². The minimum atomic E-state index is -0.577. The summed E-state index contributed by atoms with van der Waals surface area (Å²) in [4.78, 5) is 33.3. The van der Waals surface area contributed by atoms with E-state index in [4.69, 9.17) is 5.73 Å². The van der Waals surface area contributed by atoms with Gasteiger partial charge in [0.05, 0.1) is 29.6 Å². The van der Waals surface area contributed by atoms with E-state index in [0.717, 1.165) is 61.4 Å². The zero-order valence-corrected chi connectivity index (χ0v) is 23.3. The number of rotatable bonds is 9. The Balaban J connectivity index is 1.63. The molecular formula is C30H41FN6O2. The lowest BCUT2D eigenvalue weighted by Crippen LogP contribution is -2.56. The highest BCUT2D eigenvalue weighted by Crippen LogP contribution is 2.32. The van der Waals surface area contributed by atoms with E-state index < -0.39 is 12.1 Å². The van der Waals surface area contributed by atoms with E-state index in [9.17, 15) is 14.0 Å². The maximum absolute atomic E-state index is 14.1. The molecule has 3 unspecified atom stereocenters. The summed E-state index contributed by atoms with van der Waals surface area (Å²) in [7, 11) is 1.74. The molecule has 8 nitrogen and oxygen atoms in total. The number of aromatic nitrogens is 1. The molecule has 1 saturated heterocycles. The summed E-state index contributed by atoms with van der Waals surface area (Å²) in [5, 5.41) is 6.85. The molecule has 0 bridgehead atoms. The molecule has 1 aliphatic heterocycles. The molecule has 4 rings (SSSR count). The third kappa shape index (κ3) is 6.24. The number of hydrogen-bond donors (Lipinski definition) is 3. The Labute approximate surface area is 230 Å². The summed E-state index contributed by atoms with van der Waals surface area (Å²) in [6.07, 6.45) is 11.7. The summed E-state index contributed by atoms with van der Waals surface area (Å²) >= 11 is 0. The Hall–Kier alpha value is -3.46. The van der Waals surface area contributed by atoms with Gasteiger partial charge in [0, 0.05) is 23.8 Å². The summed E-state index contributed by atoms with van der Waals surface area (Å²) in [5.41, 5.74) is 8.80. The summed E-state index contributed by atoms with van der Waals surface area (Å²) < 4.78 is 15.8. The number of nitrogens with zero attached hydrogens (tertiary/aromatic N) is 3. The molecule has 2 heterocycles. The van der Waals surface area contributed by atoms with Crippen molar-refractivity contribution in [1.29, 1.82) is 0 Å². The number of hydrogen-bond acceptors (Lipinski definition) is 4.